The topological polar surface area (TPSA) is 92.2 Å². The van der Waals surface area contributed by atoms with Crippen molar-refractivity contribution in [2.24, 2.45) is 11.6 Å². The van der Waals surface area contributed by atoms with Crippen LogP contribution in [-0.2, 0) is 18.9 Å². The lowest BCUT2D eigenvalue weighted by molar-refractivity contribution is 0.00214. The summed E-state index contributed by atoms with van der Waals surface area (Å²) in [6.45, 7) is 10.3. The van der Waals surface area contributed by atoms with E-state index in [1.54, 1.807) is 20.2 Å². The molecular formula is C14H33N3O4. The lowest BCUT2D eigenvalue weighted by atomic mass is 10.5. The van der Waals surface area contributed by atoms with Crippen molar-refractivity contribution in [1.29, 1.82) is 0 Å². The normalized spacial score (nSPS) is 11.0. The van der Waals surface area contributed by atoms with Crippen LogP contribution in [0.3, 0.4) is 0 Å². The molecule has 4 N–H and O–H groups in total. The lowest BCUT2D eigenvalue weighted by Gasteiger charge is -2.14. The van der Waals surface area contributed by atoms with E-state index in [2.05, 4.69) is 0 Å². The van der Waals surface area contributed by atoms with Crippen molar-refractivity contribution in [3.05, 3.63) is 11.9 Å². The van der Waals surface area contributed by atoms with E-state index >= 15 is 0 Å². The Balaban J connectivity index is 0. The number of hydrogen-bond donors (Lipinski definition) is 2. The Morgan fingerprint density at radius 2 is 1.33 bits per heavy atom. The first kappa shape index (κ1) is 22.4. The number of nitrogens with two attached hydrogens (primary N) is 2. The zero-order valence-corrected chi connectivity index (χ0v) is 14.0. The SMILES string of the molecule is CC.COCCOCCOCCOCCN(N)/C=C(/C)N. The van der Waals surface area contributed by atoms with Gasteiger partial charge in [0.25, 0.3) is 0 Å². The van der Waals surface area contributed by atoms with Gasteiger partial charge in [-0.1, -0.05) is 13.8 Å². The van der Waals surface area contributed by atoms with E-state index in [0.29, 0.717) is 58.5 Å². The molecule has 21 heavy (non-hydrogen) atoms. The summed E-state index contributed by atoms with van der Waals surface area (Å²) in [5.74, 6) is 5.63. The predicted molar refractivity (Wildman–Crippen MR) is 84.5 cm³/mol. The van der Waals surface area contributed by atoms with Gasteiger partial charge in [0.15, 0.2) is 0 Å². The summed E-state index contributed by atoms with van der Waals surface area (Å²) in [5, 5.41) is 1.50. The molecule has 0 fully saturated rings. The first-order valence-electron chi connectivity index (χ1n) is 7.34. The van der Waals surface area contributed by atoms with Crippen LogP contribution in [0.25, 0.3) is 0 Å². The van der Waals surface area contributed by atoms with E-state index in [4.69, 9.17) is 30.5 Å². The van der Waals surface area contributed by atoms with Gasteiger partial charge in [0, 0.05) is 19.0 Å². The zero-order chi connectivity index (χ0) is 16.3. The van der Waals surface area contributed by atoms with Gasteiger partial charge in [-0.2, -0.15) is 0 Å². The molecule has 0 bridgehead atoms. The highest BCUT2D eigenvalue weighted by atomic mass is 16.6. The Labute approximate surface area is 129 Å². The third-order valence-corrected chi connectivity index (χ3v) is 2.04. The second-order valence-corrected chi connectivity index (χ2v) is 3.94. The first-order valence-corrected chi connectivity index (χ1v) is 7.34. The number of ether oxygens (including phenoxy) is 4. The number of nitrogens with zero attached hydrogens (tertiary/aromatic N) is 1. The van der Waals surface area contributed by atoms with Crippen LogP contribution in [0.15, 0.2) is 11.9 Å². The summed E-state index contributed by atoms with van der Waals surface area (Å²) in [5.41, 5.74) is 6.15. The van der Waals surface area contributed by atoms with Gasteiger partial charge in [0.05, 0.1) is 52.8 Å². The maximum atomic E-state index is 5.63. The van der Waals surface area contributed by atoms with Crippen molar-refractivity contribution >= 4 is 0 Å². The summed E-state index contributed by atoms with van der Waals surface area (Å²) in [4.78, 5) is 0. The van der Waals surface area contributed by atoms with Crippen LogP contribution >= 0.6 is 0 Å². The van der Waals surface area contributed by atoms with Crippen molar-refractivity contribution in [3.8, 4) is 0 Å². The maximum absolute atomic E-state index is 5.63. The Hall–Kier alpha value is -0.860. The monoisotopic (exact) mass is 307 g/mol. The quantitative estimate of drug-likeness (QED) is 0.294. The molecule has 0 heterocycles. The van der Waals surface area contributed by atoms with E-state index in [0.717, 1.165) is 0 Å². The lowest BCUT2D eigenvalue weighted by Crippen LogP contribution is -2.30. The molecular weight excluding hydrogens is 274 g/mol. The molecule has 0 aliphatic heterocycles. The number of methoxy groups -OCH3 is 1. The Bertz CT molecular complexity index is 224. The average molecular weight is 307 g/mol. The van der Waals surface area contributed by atoms with Crippen molar-refractivity contribution in [1.82, 2.24) is 5.01 Å². The second-order valence-electron chi connectivity index (χ2n) is 3.94. The molecule has 0 aromatic carbocycles. The summed E-state index contributed by atoms with van der Waals surface area (Å²) in [7, 11) is 1.64. The van der Waals surface area contributed by atoms with Gasteiger partial charge in [0.2, 0.25) is 0 Å². The Morgan fingerprint density at radius 3 is 1.76 bits per heavy atom. The number of rotatable bonds is 13. The standard InChI is InChI=1S/C12H27N3O4.C2H6/c1-12(13)11-15(14)3-4-17-7-8-19-10-9-18-6-5-16-2;1-2/h11H,3-10,13-14H2,1-2H3;1-2H3/b12-11-;. The molecule has 0 aliphatic rings. The molecule has 0 aromatic rings. The van der Waals surface area contributed by atoms with Gasteiger partial charge < -0.3 is 29.7 Å². The largest absolute Gasteiger partial charge is 0.401 e. The number of allylic oxidation sites excluding steroid dienone is 1. The molecule has 0 rings (SSSR count). The third-order valence-electron chi connectivity index (χ3n) is 2.04. The minimum absolute atomic E-state index is 0.536. The van der Waals surface area contributed by atoms with Gasteiger partial charge in [-0.05, 0) is 6.92 Å². The molecule has 0 amide bonds. The molecule has 7 heteroatoms. The molecule has 128 valence electrons. The highest BCUT2D eigenvalue weighted by molar-refractivity contribution is 4.89. The Kier molecular flexibility index (Phi) is 20.4. The minimum Gasteiger partial charge on any atom is -0.401 e. The molecule has 0 atom stereocenters. The van der Waals surface area contributed by atoms with Crippen molar-refractivity contribution in [3.63, 3.8) is 0 Å². The fourth-order valence-corrected chi connectivity index (χ4v) is 1.18. The Morgan fingerprint density at radius 1 is 0.905 bits per heavy atom. The molecule has 0 unspecified atom stereocenters. The highest BCUT2D eigenvalue weighted by Gasteiger charge is 1.94. The van der Waals surface area contributed by atoms with Crippen LogP contribution in [0.4, 0.5) is 0 Å². The van der Waals surface area contributed by atoms with Gasteiger partial charge in [-0.25, -0.2) is 5.84 Å². The van der Waals surface area contributed by atoms with Crippen LogP contribution in [0.5, 0.6) is 0 Å². The number of hydrazine groups is 1. The van der Waals surface area contributed by atoms with E-state index in [9.17, 15) is 0 Å². The molecule has 0 saturated carbocycles. The summed E-state index contributed by atoms with van der Waals surface area (Å²) >= 11 is 0. The fraction of sp³-hybridized carbons (Fsp3) is 0.857. The van der Waals surface area contributed by atoms with E-state index in [1.807, 2.05) is 13.8 Å². The molecule has 0 aliphatic carbocycles. The molecule has 0 aromatic heterocycles. The van der Waals surface area contributed by atoms with Crippen LogP contribution in [0, 0.1) is 0 Å². The van der Waals surface area contributed by atoms with Gasteiger partial charge in [-0.3, -0.25) is 0 Å². The third kappa shape index (κ3) is 21.6. The molecule has 0 saturated heterocycles. The van der Waals surface area contributed by atoms with E-state index in [-0.39, 0.29) is 0 Å². The van der Waals surface area contributed by atoms with E-state index < -0.39 is 0 Å². The first-order chi connectivity index (χ1) is 10.2. The van der Waals surface area contributed by atoms with Crippen molar-refractivity contribution in [2.75, 3.05) is 59.9 Å². The smallest absolute Gasteiger partial charge is 0.0701 e. The number of hydrogen-bond acceptors (Lipinski definition) is 7. The summed E-state index contributed by atoms with van der Waals surface area (Å²) in [6.07, 6.45) is 1.66. The second kappa shape index (κ2) is 19.1. The average Bonchev–Trinajstić information content (AvgIpc) is 2.46. The van der Waals surface area contributed by atoms with Crippen LogP contribution < -0.4 is 11.6 Å². The predicted octanol–water partition coefficient (Wildman–Crippen LogP) is 0.705. The summed E-state index contributed by atoms with van der Waals surface area (Å²) in [6, 6.07) is 0. The molecule has 7 nitrogen and oxygen atoms in total. The van der Waals surface area contributed by atoms with E-state index in [1.165, 1.54) is 5.01 Å². The van der Waals surface area contributed by atoms with Gasteiger partial charge in [0.1, 0.15) is 0 Å². The van der Waals surface area contributed by atoms with Crippen molar-refractivity contribution in [2.45, 2.75) is 20.8 Å². The molecule has 0 radical (unpaired) electrons. The highest BCUT2D eigenvalue weighted by Crippen LogP contribution is 1.86. The zero-order valence-electron chi connectivity index (χ0n) is 14.0. The maximum Gasteiger partial charge on any atom is 0.0701 e. The summed E-state index contributed by atoms with van der Waals surface area (Å²) < 4.78 is 20.8. The van der Waals surface area contributed by atoms with Crippen LogP contribution in [0.1, 0.15) is 20.8 Å². The fourth-order valence-electron chi connectivity index (χ4n) is 1.18. The van der Waals surface area contributed by atoms with Gasteiger partial charge >= 0.3 is 0 Å². The van der Waals surface area contributed by atoms with Crippen LogP contribution in [0.2, 0.25) is 0 Å². The minimum atomic E-state index is 0.536. The molecule has 0 spiro atoms. The van der Waals surface area contributed by atoms with Crippen molar-refractivity contribution < 1.29 is 18.9 Å². The van der Waals surface area contributed by atoms with Gasteiger partial charge in [-0.15, -0.1) is 0 Å². The van der Waals surface area contributed by atoms with Crippen LogP contribution in [-0.4, -0.2) is 64.9 Å².